The van der Waals surface area contributed by atoms with E-state index in [1.165, 1.54) is 39.0 Å². The lowest BCUT2D eigenvalue weighted by atomic mass is 9.84. The molecule has 0 atom stereocenters. The van der Waals surface area contributed by atoms with Crippen LogP contribution in [0.15, 0.2) is 126 Å². The molecule has 390 valence electrons. The molecule has 0 amide bonds. The van der Waals surface area contributed by atoms with Crippen molar-refractivity contribution in [3.8, 4) is 18.2 Å². The first kappa shape index (κ1) is 58.4. The molecule has 1 aliphatic carbocycles. The molecular weight excluding hydrogens is 961 g/mol. The Kier molecular flexibility index (Phi) is 22.4. The van der Waals surface area contributed by atoms with Crippen molar-refractivity contribution < 1.29 is 57.2 Å². The quantitative estimate of drug-likeness (QED) is 0.0279. The maximum Gasteiger partial charge on any atom is 0.349 e. The average molecular weight is 1020 g/mol. The Morgan fingerprint density at radius 3 is 0.813 bits per heavy atom. The third kappa shape index (κ3) is 17.8. The van der Waals surface area contributed by atoms with Crippen LogP contribution in [-0.2, 0) is 57.2 Å². The Hall–Kier alpha value is -9.21. The Labute approximate surface area is 437 Å². The second kappa shape index (κ2) is 28.7. The molecule has 0 N–H and O–H groups in total. The van der Waals surface area contributed by atoms with E-state index in [9.17, 15) is 44.6 Å². The molecule has 75 heavy (non-hydrogen) atoms. The molecule has 1 fully saturated rings. The van der Waals surface area contributed by atoms with Gasteiger partial charge in [0.2, 0.25) is 0 Å². The minimum absolute atomic E-state index is 0.00453. The number of ether oxygens (including phenoxy) is 6. The minimum atomic E-state index is -0.858. The van der Waals surface area contributed by atoms with Gasteiger partial charge in [0.1, 0.15) is 74.6 Å². The fraction of sp³-hybridized carbons (Fsp3) is 0.316. The van der Waals surface area contributed by atoms with Crippen LogP contribution in [0.5, 0.6) is 0 Å². The topological polar surface area (TPSA) is 239 Å². The summed E-state index contributed by atoms with van der Waals surface area (Å²) in [6, 6.07) is 27.8. The van der Waals surface area contributed by atoms with Gasteiger partial charge in [0, 0.05) is 73.1 Å². The number of nitriles is 3. The van der Waals surface area contributed by atoms with Crippen LogP contribution in [-0.4, -0.2) is 115 Å². The molecule has 0 aromatic heterocycles. The number of rotatable bonds is 24. The third-order valence-electron chi connectivity index (χ3n) is 11.8. The van der Waals surface area contributed by atoms with E-state index >= 15 is 0 Å². The van der Waals surface area contributed by atoms with Gasteiger partial charge in [0.25, 0.3) is 0 Å². The maximum atomic E-state index is 12.7. The van der Waals surface area contributed by atoms with Crippen LogP contribution in [0.3, 0.4) is 0 Å². The number of hydrogen-bond acceptors (Lipinski definition) is 18. The summed E-state index contributed by atoms with van der Waals surface area (Å²) in [5.74, 6) is -4.42. The average Bonchev–Trinajstić information content (AvgIpc) is 3.41. The van der Waals surface area contributed by atoms with Crippen LogP contribution in [0.4, 0.5) is 17.1 Å². The number of carbonyl (C=O) groups excluding carboxylic acids is 6. The summed E-state index contributed by atoms with van der Waals surface area (Å²) in [4.78, 5) is 79.5. The SMILES string of the molecule is C=C(C)C(=O)OCCOC(=O)/C(C#N)=C/c1ccc(N(C)C2CC(N(C)c3ccc(/C=C(\C#N)C(=O)OCCOC(=O)C(=C)C)cc3)CC(N(C)c3ccc(/C=C(\C#N)C(=O)OCCOC(=O)C(=C)C)cc3)C2)cc1. The van der Waals surface area contributed by atoms with Gasteiger partial charge in [0.15, 0.2) is 0 Å². The number of anilines is 3. The van der Waals surface area contributed by atoms with Crippen molar-refractivity contribution in [3.63, 3.8) is 0 Å². The first-order valence-electron chi connectivity index (χ1n) is 23.6. The van der Waals surface area contributed by atoms with Gasteiger partial charge in [0.05, 0.1) is 0 Å². The molecule has 0 aliphatic heterocycles. The number of carbonyl (C=O) groups is 6. The van der Waals surface area contributed by atoms with Crippen LogP contribution in [0, 0.1) is 34.0 Å². The molecule has 18 heteroatoms. The van der Waals surface area contributed by atoms with Crippen molar-refractivity contribution in [1.29, 1.82) is 15.8 Å². The van der Waals surface area contributed by atoms with E-state index in [-0.39, 0.29) is 91.2 Å². The maximum absolute atomic E-state index is 12.7. The van der Waals surface area contributed by atoms with Gasteiger partial charge in [-0.25, -0.2) is 28.8 Å². The minimum Gasteiger partial charge on any atom is -0.459 e. The predicted octanol–water partition coefficient (Wildman–Crippen LogP) is 7.39. The van der Waals surface area contributed by atoms with E-state index in [4.69, 9.17) is 28.4 Å². The van der Waals surface area contributed by atoms with Crippen LogP contribution >= 0.6 is 0 Å². The van der Waals surface area contributed by atoms with Crippen LogP contribution < -0.4 is 14.7 Å². The van der Waals surface area contributed by atoms with E-state index in [1.54, 1.807) is 36.4 Å². The predicted molar refractivity (Wildman–Crippen MR) is 281 cm³/mol. The highest BCUT2D eigenvalue weighted by atomic mass is 16.6. The number of benzene rings is 3. The van der Waals surface area contributed by atoms with E-state index in [2.05, 4.69) is 34.4 Å². The molecule has 3 aromatic carbocycles. The monoisotopic (exact) mass is 1020 g/mol. The number of esters is 6. The molecule has 1 saturated carbocycles. The molecule has 1 aliphatic rings. The van der Waals surface area contributed by atoms with E-state index < -0.39 is 35.8 Å². The molecule has 0 spiro atoms. The fourth-order valence-corrected chi connectivity index (χ4v) is 7.55. The summed E-state index contributed by atoms with van der Waals surface area (Å²) in [6.45, 7) is 13.7. The standard InChI is InChI=1S/C57H60N6O12/c1-37(2)52(64)70-22-25-73-55(67)43(34-58)28-40-10-16-46(17-11-40)61(7)49-31-50(62(8)47-18-12-41(13-19-47)29-44(35-59)56(68)74-26-23-71-53(65)38(3)4)33-51(32-49)63(9)48-20-14-42(15-21-48)30-45(36-60)57(69)75-27-24-72-54(66)39(5)6/h10-21,28-30,49-51H,1,3,5,22-27,31-33H2,2,4,6-9H3/b43-28+,44-29+,45-30+. The summed E-state index contributed by atoms with van der Waals surface area (Å²) in [6.07, 6.45) is 6.49. The van der Waals surface area contributed by atoms with Crippen molar-refractivity contribution in [2.75, 3.05) is 75.5 Å². The Bertz CT molecular complexity index is 2530. The second-order valence-electron chi connectivity index (χ2n) is 17.4. The van der Waals surface area contributed by atoms with Crippen LogP contribution in [0.25, 0.3) is 18.2 Å². The fourth-order valence-electron chi connectivity index (χ4n) is 7.55. The van der Waals surface area contributed by atoms with E-state index in [0.717, 1.165) is 36.3 Å². The zero-order valence-corrected chi connectivity index (χ0v) is 43.0. The highest BCUT2D eigenvalue weighted by Gasteiger charge is 2.35. The summed E-state index contributed by atoms with van der Waals surface area (Å²) in [5.41, 5.74) is 4.34. The smallest absolute Gasteiger partial charge is 0.349 e. The molecule has 0 saturated heterocycles. The van der Waals surface area contributed by atoms with Crippen molar-refractivity contribution in [3.05, 3.63) is 143 Å². The van der Waals surface area contributed by atoms with Gasteiger partial charge in [-0.15, -0.1) is 0 Å². The zero-order valence-electron chi connectivity index (χ0n) is 43.0. The van der Waals surface area contributed by atoms with Crippen LogP contribution in [0.2, 0.25) is 0 Å². The summed E-state index contributed by atoms with van der Waals surface area (Å²) in [7, 11) is 6.03. The molecule has 0 unspecified atom stereocenters. The highest BCUT2D eigenvalue weighted by Crippen LogP contribution is 2.35. The molecule has 3 aromatic rings. The second-order valence-corrected chi connectivity index (χ2v) is 17.4. The van der Waals surface area contributed by atoms with Gasteiger partial charge >= 0.3 is 35.8 Å². The molecule has 4 rings (SSSR count). The molecule has 0 bridgehead atoms. The summed E-state index contributed by atoms with van der Waals surface area (Å²) >= 11 is 0. The molecular formula is C57H60N6O12. The van der Waals surface area contributed by atoms with Gasteiger partial charge in [-0.3, -0.25) is 0 Å². The normalized spacial score (nSPS) is 15.2. The van der Waals surface area contributed by atoms with Gasteiger partial charge in [-0.2, -0.15) is 15.8 Å². The zero-order chi connectivity index (χ0) is 55.2. The largest absolute Gasteiger partial charge is 0.459 e. The first-order chi connectivity index (χ1) is 35.8. The Balaban J connectivity index is 1.55. The molecule has 18 nitrogen and oxygen atoms in total. The summed E-state index contributed by atoms with van der Waals surface area (Å²) < 4.78 is 30.3. The van der Waals surface area contributed by atoms with Crippen molar-refractivity contribution in [1.82, 2.24) is 0 Å². The molecule has 0 radical (unpaired) electrons. The van der Waals surface area contributed by atoms with E-state index in [1.807, 2.05) is 75.7 Å². The van der Waals surface area contributed by atoms with E-state index in [0.29, 0.717) is 16.7 Å². The lowest BCUT2D eigenvalue weighted by Gasteiger charge is -2.47. The van der Waals surface area contributed by atoms with Crippen molar-refractivity contribution in [2.45, 2.75) is 58.2 Å². The lowest BCUT2D eigenvalue weighted by Crippen LogP contribution is -2.52. The van der Waals surface area contributed by atoms with Gasteiger partial charge in [-0.1, -0.05) is 56.1 Å². The number of nitrogens with zero attached hydrogens (tertiary/aromatic N) is 6. The van der Waals surface area contributed by atoms with Crippen molar-refractivity contribution >= 4 is 71.1 Å². The van der Waals surface area contributed by atoms with Gasteiger partial charge in [-0.05, 0) is 111 Å². The van der Waals surface area contributed by atoms with Crippen molar-refractivity contribution in [2.24, 2.45) is 0 Å². The lowest BCUT2D eigenvalue weighted by molar-refractivity contribution is -0.147. The van der Waals surface area contributed by atoms with Crippen LogP contribution in [0.1, 0.15) is 56.7 Å². The first-order valence-corrected chi connectivity index (χ1v) is 23.6. The molecule has 0 heterocycles. The third-order valence-corrected chi connectivity index (χ3v) is 11.8. The number of hydrogen-bond donors (Lipinski definition) is 0. The Morgan fingerprint density at radius 2 is 0.627 bits per heavy atom. The summed E-state index contributed by atoms with van der Waals surface area (Å²) in [5, 5.41) is 29.2. The Morgan fingerprint density at radius 1 is 0.427 bits per heavy atom. The highest BCUT2D eigenvalue weighted by molar-refractivity contribution is 5.99. The van der Waals surface area contributed by atoms with Gasteiger partial charge < -0.3 is 43.1 Å².